The SMILES string of the molecule is COc1ccc(C2=NN3[C@@H](c4cc(OC)c(OC)c(OC)c4)Oc4ccc(Cl)cc4[C@@H]3C2)cc1. The van der Waals surface area contributed by atoms with Crippen LogP contribution in [0.1, 0.15) is 35.4 Å². The first-order chi connectivity index (χ1) is 16.6. The van der Waals surface area contributed by atoms with Crippen LogP contribution < -0.4 is 23.7 Å². The van der Waals surface area contributed by atoms with Crippen LogP contribution in [0.25, 0.3) is 0 Å². The van der Waals surface area contributed by atoms with Gasteiger partial charge in [-0.05, 0) is 60.2 Å². The van der Waals surface area contributed by atoms with Crippen molar-refractivity contribution in [3.63, 3.8) is 0 Å². The molecule has 0 aromatic heterocycles. The Morgan fingerprint density at radius 3 is 2.21 bits per heavy atom. The second kappa shape index (κ2) is 8.99. The summed E-state index contributed by atoms with van der Waals surface area (Å²) >= 11 is 6.35. The molecule has 3 aromatic rings. The highest BCUT2D eigenvalue weighted by Gasteiger charge is 2.41. The average Bonchev–Trinajstić information content (AvgIpc) is 3.33. The van der Waals surface area contributed by atoms with Crippen LogP contribution in [0, 0.1) is 0 Å². The lowest BCUT2D eigenvalue weighted by Gasteiger charge is -2.38. The number of ether oxygens (including phenoxy) is 5. The van der Waals surface area contributed by atoms with Gasteiger partial charge in [0.25, 0.3) is 0 Å². The van der Waals surface area contributed by atoms with Crippen molar-refractivity contribution in [2.45, 2.75) is 18.7 Å². The van der Waals surface area contributed by atoms with E-state index in [1.54, 1.807) is 28.4 Å². The van der Waals surface area contributed by atoms with Crippen LogP contribution in [0.4, 0.5) is 0 Å². The zero-order valence-electron chi connectivity index (χ0n) is 19.4. The number of halogens is 1. The van der Waals surface area contributed by atoms with Crippen molar-refractivity contribution in [3.8, 4) is 28.7 Å². The van der Waals surface area contributed by atoms with Crippen molar-refractivity contribution in [2.24, 2.45) is 5.10 Å². The molecule has 0 radical (unpaired) electrons. The highest BCUT2D eigenvalue weighted by atomic mass is 35.5. The summed E-state index contributed by atoms with van der Waals surface area (Å²) in [5, 5.41) is 7.65. The van der Waals surface area contributed by atoms with Gasteiger partial charge in [0.05, 0.1) is 40.2 Å². The van der Waals surface area contributed by atoms with Crippen LogP contribution in [0.5, 0.6) is 28.7 Å². The Hall–Kier alpha value is -3.58. The molecule has 3 aromatic carbocycles. The summed E-state index contributed by atoms with van der Waals surface area (Å²) in [7, 11) is 6.43. The van der Waals surface area contributed by atoms with Gasteiger partial charge in [-0.1, -0.05) is 11.6 Å². The van der Waals surface area contributed by atoms with E-state index in [2.05, 4.69) is 0 Å². The minimum Gasteiger partial charge on any atom is -0.497 e. The molecule has 2 aliphatic rings. The summed E-state index contributed by atoms with van der Waals surface area (Å²) in [6.45, 7) is 0. The molecule has 0 amide bonds. The molecule has 2 atom stereocenters. The second-order valence-corrected chi connectivity index (χ2v) is 8.42. The fourth-order valence-electron chi connectivity index (χ4n) is 4.48. The van der Waals surface area contributed by atoms with Crippen molar-refractivity contribution in [1.29, 1.82) is 0 Å². The molecule has 0 saturated carbocycles. The normalized spacial score (nSPS) is 18.4. The predicted octanol–water partition coefficient (Wildman–Crippen LogP) is 5.62. The molecule has 2 heterocycles. The summed E-state index contributed by atoms with van der Waals surface area (Å²) in [4.78, 5) is 0. The summed E-state index contributed by atoms with van der Waals surface area (Å²) in [6, 6.07) is 17.4. The lowest BCUT2D eigenvalue weighted by molar-refractivity contribution is -0.0192. The molecule has 176 valence electrons. The number of rotatable bonds is 6. The zero-order valence-corrected chi connectivity index (χ0v) is 20.1. The van der Waals surface area contributed by atoms with Crippen molar-refractivity contribution < 1.29 is 23.7 Å². The van der Waals surface area contributed by atoms with Gasteiger partial charge in [-0.3, -0.25) is 0 Å². The zero-order chi connectivity index (χ0) is 23.8. The van der Waals surface area contributed by atoms with E-state index in [0.717, 1.165) is 33.9 Å². The number of hydrazone groups is 1. The number of nitrogens with zero attached hydrogens (tertiary/aromatic N) is 2. The van der Waals surface area contributed by atoms with Gasteiger partial charge in [-0.25, -0.2) is 5.01 Å². The fourth-order valence-corrected chi connectivity index (χ4v) is 4.66. The quantitative estimate of drug-likeness (QED) is 0.456. The smallest absolute Gasteiger partial charge is 0.214 e. The minimum absolute atomic E-state index is 0.0383. The van der Waals surface area contributed by atoms with Crippen molar-refractivity contribution in [3.05, 3.63) is 76.3 Å². The molecule has 0 saturated heterocycles. The minimum atomic E-state index is -0.497. The lowest BCUT2D eigenvalue weighted by Crippen LogP contribution is -2.33. The predicted molar refractivity (Wildman–Crippen MR) is 130 cm³/mol. The van der Waals surface area contributed by atoms with Crippen LogP contribution in [-0.2, 0) is 0 Å². The van der Waals surface area contributed by atoms with E-state index >= 15 is 0 Å². The third kappa shape index (κ3) is 3.76. The number of hydrogen-bond acceptors (Lipinski definition) is 7. The molecule has 0 unspecified atom stereocenters. The maximum absolute atomic E-state index is 6.47. The Morgan fingerprint density at radius 1 is 0.882 bits per heavy atom. The molecule has 7 nitrogen and oxygen atoms in total. The Labute approximate surface area is 203 Å². The van der Waals surface area contributed by atoms with Gasteiger partial charge < -0.3 is 23.7 Å². The first-order valence-corrected chi connectivity index (χ1v) is 11.2. The third-order valence-electron chi connectivity index (χ3n) is 6.15. The summed E-state index contributed by atoms with van der Waals surface area (Å²) in [5.41, 5.74) is 3.83. The Kier molecular flexibility index (Phi) is 5.87. The van der Waals surface area contributed by atoms with Crippen molar-refractivity contribution in [2.75, 3.05) is 28.4 Å². The highest BCUT2D eigenvalue weighted by Crippen LogP contribution is 2.50. The van der Waals surface area contributed by atoms with E-state index in [1.807, 2.05) is 59.6 Å². The first kappa shape index (κ1) is 22.2. The van der Waals surface area contributed by atoms with Crippen molar-refractivity contribution in [1.82, 2.24) is 5.01 Å². The molecule has 0 aliphatic carbocycles. The summed E-state index contributed by atoms with van der Waals surface area (Å²) in [5.74, 6) is 3.21. The van der Waals surface area contributed by atoms with E-state index in [4.69, 9.17) is 40.4 Å². The van der Waals surface area contributed by atoms with E-state index < -0.39 is 6.23 Å². The summed E-state index contributed by atoms with van der Waals surface area (Å²) < 4.78 is 28.4. The maximum atomic E-state index is 6.47. The Bertz CT molecular complexity index is 1220. The second-order valence-electron chi connectivity index (χ2n) is 7.99. The standard InChI is InChI=1S/C26H25ClN2O5/c1-30-18-8-5-15(6-9-18)20-14-21-19-13-17(27)7-10-22(19)34-26(29(21)28-20)16-11-23(31-2)25(33-4)24(12-16)32-3/h5-13,21,26H,14H2,1-4H3/t21-,26+/m0/s1. The molecular formula is C26H25ClN2O5. The Morgan fingerprint density at radius 2 is 1.59 bits per heavy atom. The maximum Gasteiger partial charge on any atom is 0.214 e. The van der Waals surface area contributed by atoms with E-state index in [0.29, 0.717) is 28.7 Å². The van der Waals surface area contributed by atoms with Crippen LogP contribution in [0.3, 0.4) is 0 Å². The average molecular weight is 481 g/mol. The van der Waals surface area contributed by atoms with Gasteiger partial charge in [-0.2, -0.15) is 5.10 Å². The Balaban J connectivity index is 1.61. The number of methoxy groups -OCH3 is 4. The molecule has 5 rings (SSSR count). The van der Waals surface area contributed by atoms with Gasteiger partial charge >= 0.3 is 0 Å². The first-order valence-electron chi connectivity index (χ1n) is 10.8. The van der Waals surface area contributed by atoms with E-state index in [9.17, 15) is 0 Å². The number of fused-ring (bicyclic) bond motifs is 3. The molecule has 0 fully saturated rings. The van der Waals surface area contributed by atoms with Crippen LogP contribution >= 0.6 is 11.6 Å². The van der Waals surface area contributed by atoms with Crippen LogP contribution in [0.15, 0.2) is 59.7 Å². The van der Waals surface area contributed by atoms with Gasteiger partial charge in [0.2, 0.25) is 12.0 Å². The van der Waals surface area contributed by atoms with Gasteiger partial charge in [-0.15, -0.1) is 0 Å². The van der Waals surface area contributed by atoms with E-state index in [1.165, 1.54) is 0 Å². The molecule has 2 aliphatic heterocycles. The largest absolute Gasteiger partial charge is 0.497 e. The molecule has 8 heteroatoms. The molecule has 0 bridgehead atoms. The third-order valence-corrected chi connectivity index (χ3v) is 6.38. The highest BCUT2D eigenvalue weighted by molar-refractivity contribution is 6.30. The number of hydrogen-bond donors (Lipinski definition) is 0. The number of benzene rings is 3. The van der Waals surface area contributed by atoms with Crippen molar-refractivity contribution >= 4 is 17.3 Å². The molecular weight excluding hydrogens is 456 g/mol. The van der Waals surface area contributed by atoms with Gasteiger partial charge in [0.1, 0.15) is 11.5 Å². The van der Waals surface area contributed by atoms with Gasteiger partial charge in [0, 0.05) is 22.6 Å². The van der Waals surface area contributed by atoms with E-state index in [-0.39, 0.29) is 6.04 Å². The summed E-state index contributed by atoms with van der Waals surface area (Å²) in [6.07, 6.45) is 0.215. The molecule has 0 N–H and O–H groups in total. The molecule has 34 heavy (non-hydrogen) atoms. The van der Waals surface area contributed by atoms with Gasteiger partial charge in [0.15, 0.2) is 11.5 Å². The monoisotopic (exact) mass is 480 g/mol. The lowest BCUT2D eigenvalue weighted by atomic mass is 9.95. The van der Waals surface area contributed by atoms with Crippen LogP contribution in [0.2, 0.25) is 5.02 Å². The fraction of sp³-hybridized carbons (Fsp3) is 0.269. The van der Waals surface area contributed by atoms with Crippen LogP contribution in [-0.4, -0.2) is 39.2 Å². The molecule has 0 spiro atoms. The topological polar surface area (TPSA) is 61.8 Å².